The van der Waals surface area contributed by atoms with Crippen molar-refractivity contribution in [1.29, 1.82) is 0 Å². The summed E-state index contributed by atoms with van der Waals surface area (Å²) in [5.74, 6) is -0.752. The third-order valence-corrected chi connectivity index (χ3v) is 8.20. The van der Waals surface area contributed by atoms with Crippen LogP contribution in [0.4, 0.5) is 10.5 Å². The van der Waals surface area contributed by atoms with Crippen LogP contribution in [0, 0.1) is 6.92 Å². The third-order valence-electron chi connectivity index (χ3n) is 6.89. The molecule has 0 unspecified atom stereocenters. The van der Waals surface area contributed by atoms with Gasteiger partial charge in [-0.15, -0.1) is 11.3 Å². The molecule has 2 N–H and O–H groups in total. The van der Waals surface area contributed by atoms with Gasteiger partial charge in [-0.1, -0.05) is 78.3 Å². The van der Waals surface area contributed by atoms with Crippen molar-refractivity contribution in [2.45, 2.75) is 38.2 Å². The van der Waals surface area contributed by atoms with Gasteiger partial charge in [-0.25, -0.2) is 4.79 Å². The van der Waals surface area contributed by atoms with E-state index < -0.39 is 23.6 Å². The molecule has 1 saturated carbocycles. The molecule has 1 fully saturated rings. The molecule has 0 spiro atoms. The van der Waals surface area contributed by atoms with E-state index in [-0.39, 0.29) is 0 Å². The predicted molar refractivity (Wildman–Crippen MR) is 148 cm³/mol. The molecule has 37 heavy (non-hydrogen) atoms. The number of carboxylic acids is 1. The first-order valence-corrected chi connectivity index (χ1v) is 13.2. The first-order valence-electron chi connectivity index (χ1n) is 12.0. The van der Waals surface area contributed by atoms with E-state index in [0.29, 0.717) is 22.9 Å². The zero-order valence-corrected chi connectivity index (χ0v) is 22.0. The first-order chi connectivity index (χ1) is 17.8. The normalized spacial score (nSPS) is 14.6. The number of carbonyl (C=O) groups is 2. The van der Waals surface area contributed by atoms with E-state index in [1.165, 1.54) is 11.3 Å². The van der Waals surface area contributed by atoms with Gasteiger partial charge in [0.05, 0.1) is 20.3 Å². The number of carbonyl (C=O) groups excluding carboxylic acids is 1. The summed E-state index contributed by atoms with van der Waals surface area (Å²) in [6.07, 6.45) is 0.439. The largest absolute Gasteiger partial charge is 0.481 e. The molecule has 1 amide bonds. The second-order valence-electron chi connectivity index (χ2n) is 9.37. The predicted octanol–water partition coefficient (Wildman–Crippen LogP) is 8.47. The van der Waals surface area contributed by atoms with Crippen molar-refractivity contribution >= 4 is 40.7 Å². The Morgan fingerprint density at radius 1 is 1.00 bits per heavy atom. The van der Waals surface area contributed by atoms with Gasteiger partial charge in [0.25, 0.3) is 0 Å². The van der Waals surface area contributed by atoms with Gasteiger partial charge in [0.15, 0.2) is 0 Å². The lowest BCUT2D eigenvalue weighted by Crippen LogP contribution is -2.19. The highest BCUT2D eigenvalue weighted by atomic mass is 35.5. The molecule has 7 heteroatoms. The van der Waals surface area contributed by atoms with Crippen LogP contribution in [-0.4, -0.2) is 17.2 Å². The summed E-state index contributed by atoms with van der Waals surface area (Å²) < 4.78 is 6.13. The lowest BCUT2D eigenvalue weighted by atomic mass is 9.92. The highest BCUT2D eigenvalue weighted by Gasteiger charge is 2.51. The zero-order chi connectivity index (χ0) is 26.2. The molecule has 0 bridgehead atoms. The van der Waals surface area contributed by atoms with E-state index in [0.717, 1.165) is 38.3 Å². The summed E-state index contributed by atoms with van der Waals surface area (Å²) in [5.41, 5.74) is 5.73. The first kappa shape index (κ1) is 25.1. The van der Waals surface area contributed by atoms with Gasteiger partial charge < -0.3 is 9.84 Å². The van der Waals surface area contributed by atoms with Crippen LogP contribution in [-0.2, 0) is 14.9 Å². The van der Waals surface area contributed by atoms with Crippen molar-refractivity contribution in [1.82, 2.24) is 0 Å². The topological polar surface area (TPSA) is 75.6 Å². The molecule has 0 saturated heterocycles. The fourth-order valence-corrected chi connectivity index (χ4v) is 5.79. The number of aryl methyl sites for hydroxylation is 1. The van der Waals surface area contributed by atoms with Gasteiger partial charge in [-0.3, -0.25) is 10.1 Å². The van der Waals surface area contributed by atoms with E-state index in [9.17, 15) is 14.7 Å². The van der Waals surface area contributed by atoms with Gasteiger partial charge in [0, 0.05) is 0 Å². The van der Waals surface area contributed by atoms with Gasteiger partial charge in [0.2, 0.25) is 0 Å². The van der Waals surface area contributed by atoms with Crippen molar-refractivity contribution in [3.63, 3.8) is 0 Å². The van der Waals surface area contributed by atoms with Gasteiger partial charge in [0.1, 0.15) is 6.10 Å². The summed E-state index contributed by atoms with van der Waals surface area (Å²) in [4.78, 5) is 25.1. The van der Waals surface area contributed by atoms with Gasteiger partial charge >= 0.3 is 12.1 Å². The molecule has 3 aromatic carbocycles. The van der Waals surface area contributed by atoms with Crippen LogP contribution < -0.4 is 5.32 Å². The molecule has 1 atom stereocenters. The van der Waals surface area contributed by atoms with E-state index in [1.807, 2.05) is 80.6 Å². The Bertz CT molecular complexity index is 1460. The SMILES string of the molecule is Cc1cc(-c2sc(Cl)cc2NC(=O)O[C@H](C)c2ccccc2)ccc1-c1ccc(C2(C(=O)O)CC2)cc1. The maximum Gasteiger partial charge on any atom is 0.412 e. The quantitative estimate of drug-likeness (QED) is 0.251. The summed E-state index contributed by atoms with van der Waals surface area (Å²) in [6, 6.07) is 25.2. The Hall–Kier alpha value is -3.61. The number of halogens is 1. The van der Waals surface area contributed by atoms with Gasteiger partial charge in [-0.2, -0.15) is 0 Å². The van der Waals surface area contributed by atoms with E-state index >= 15 is 0 Å². The molecule has 5 rings (SSSR count). The second kappa shape index (κ2) is 10.0. The number of ether oxygens (including phenoxy) is 1. The Labute approximate surface area is 224 Å². The summed E-state index contributed by atoms with van der Waals surface area (Å²) in [5, 5.41) is 12.4. The number of nitrogens with one attached hydrogen (secondary N) is 1. The maximum atomic E-state index is 12.6. The van der Waals surface area contributed by atoms with Crippen LogP contribution in [0.15, 0.2) is 78.9 Å². The minimum Gasteiger partial charge on any atom is -0.481 e. The number of amides is 1. The lowest BCUT2D eigenvalue weighted by molar-refractivity contribution is -0.140. The van der Waals surface area contributed by atoms with Gasteiger partial charge in [-0.05, 0) is 72.2 Å². The minimum absolute atomic E-state index is 0.392. The molecule has 1 aromatic heterocycles. The Kier molecular flexibility index (Phi) is 6.80. The molecular formula is C30H26ClNO4S. The number of benzene rings is 3. The number of rotatable bonds is 7. The van der Waals surface area contributed by atoms with Crippen LogP contribution in [0.2, 0.25) is 4.34 Å². The third kappa shape index (κ3) is 5.13. The van der Waals surface area contributed by atoms with Crippen LogP contribution in [0.1, 0.15) is 42.6 Å². The number of hydrogen-bond donors (Lipinski definition) is 2. The number of hydrogen-bond acceptors (Lipinski definition) is 4. The van der Waals surface area contributed by atoms with Crippen molar-refractivity contribution in [3.8, 4) is 21.6 Å². The zero-order valence-electron chi connectivity index (χ0n) is 20.5. The van der Waals surface area contributed by atoms with Crippen LogP contribution >= 0.6 is 22.9 Å². The lowest BCUT2D eigenvalue weighted by Gasteiger charge is -2.15. The summed E-state index contributed by atoms with van der Waals surface area (Å²) in [7, 11) is 0. The standard InChI is InChI=1S/C30H26ClNO4S/c1-18-16-22(10-13-24(18)21-8-11-23(12-9-21)30(14-15-30)28(33)34)27-25(17-26(31)37-27)32-29(35)36-19(2)20-6-4-3-5-7-20/h3-13,16-17,19H,14-15H2,1-2H3,(H,32,35)(H,33,34)/t19-/m1/s1. The molecule has 1 heterocycles. The smallest absolute Gasteiger partial charge is 0.412 e. The fourth-order valence-electron chi connectivity index (χ4n) is 4.61. The molecule has 188 valence electrons. The highest BCUT2D eigenvalue weighted by Crippen LogP contribution is 2.49. The van der Waals surface area contributed by atoms with Crippen LogP contribution in [0.5, 0.6) is 0 Å². The molecule has 5 nitrogen and oxygen atoms in total. The Balaban J connectivity index is 1.34. The number of aliphatic carboxylic acids is 1. The molecule has 1 aliphatic carbocycles. The molecule has 1 aliphatic rings. The highest BCUT2D eigenvalue weighted by molar-refractivity contribution is 7.20. The number of carboxylic acid groups (broad SMARTS) is 1. The fraction of sp³-hybridized carbons (Fsp3) is 0.200. The van der Waals surface area contributed by atoms with Crippen LogP contribution in [0.3, 0.4) is 0 Å². The number of anilines is 1. The second-order valence-corrected chi connectivity index (χ2v) is 11.1. The van der Waals surface area contributed by atoms with Crippen molar-refractivity contribution in [2.24, 2.45) is 0 Å². The average Bonchev–Trinajstić information content (AvgIpc) is 3.62. The maximum absolute atomic E-state index is 12.6. The number of thiophene rings is 1. The van der Waals surface area contributed by atoms with Crippen molar-refractivity contribution in [2.75, 3.05) is 5.32 Å². The average molecular weight is 532 g/mol. The van der Waals surface area contributed by atoms with Crippen LogP contribution in [0.25, 0.3) is 21.6 Å². The molecule has 0 radical (unpaired) electrons. The monoisotopic (exact) mass is 531 g/mol. The molecule has 4 aromatic rings. The van der Waals surface area contributed by atoms with E-state index in [4.69, 9.17) is 16.3 Å². The Morgan fingerprint density at radius 2 is 1.68 bits per heavy atom. The van der Waals surface area contributed by atoms with E-state index in [1.54, 1.807) is 6.07 Å². The summed E-state index contributed by atoms with van der Waals surface area (Å²) in [6.45, 7) is 3.86. The molecular weight excluding hydrogens is 506 g/mol. The Morgan fingerprint density at radius 3 is 2.30 bits per heavy atom. The van der Waals surface area contributed by atoms with E-state index in [2.05, 4.69) is 11.4 Å². The minimum atomic E-state index is -0.752. The molecule has 0 aliphatic heterocycles. The van der Waals surface area contributed by atoms with Crippen molar-refractivity contribution in [3.05, 3.63) is 99.9 Å². The summed E-state index contributed by atoms with van der Waals surface area (Å²) >= 11 is 7.72. The van der Waals surface area contributed by atoms with Crippen molar-refractivity contribution < 1.29 is 19.4 Å².